The van der Waals surface area contributed by atoms with E-state index in [0.29, 0.717) is 6.42 Å². The van der Waals surface area contributed by atoms with Crippen LogP contribution in [0.1, 0.15) is 73.0 Å². The fourth-order valence-corrected chi connectivity index (χ4v) is 5.85. The summed E-state index contributed by atoms with van der Waals surface area (Å²) in [6.07, 6.45) is 15.8. The van der Waals surface area contributed by atoms with E-state index in [1.807, 2.05) is 79.2 Å². The average Bonchev–Trinajstić information content (AvgIpc) is 3.37. The van der Waals surface area contributed by atoms with E-state index in [-0.39, 0.29) is 30.3 Å². The van der Waals surface area contributed by atoms with Crippen LogP contribution in [0.2, 0.25) is 0 Å². The Labute approximate surface area is 231 Å². The van der Waals surface area contributed by atoms with Crippen molar-refractivity contribution in [2.45, 2.75) is 76.9 Å². The molecule has 0 spiro atoms. The van der Waals surface area contributed by atoms with Crippen LogP contribution in [0.5, 0.6) is 0 Å². The highest BCUT2D eigenvalue weighted by atomic mass is 16.2. The van der Waals surface area contributed by atoms with Crippen molar-refractivity contribution in [2.24, 2.45) is 0 Å². The van der Waals surface area contributed by atoms with Gasteiger partial charge in [-0.2, -0.15) is 0 Å². The second-order valence-electron chi connectivity index (χ2n) is 10.7. The van der Waals surface area contributed by atoms with E-state index in [2.05, 4.69) is 28.5 Å². The van der Waals surface area contributed by atoms with E-state index in [4.69, 9.17) is 0 Å². The van der Waals surface area contributed by atoms with Gasteiger partial charge < -0.3 is 9.88 Å². The molecule has 2 aromatic carbocycles. The number of hydrogen-bond acceptors (Lipinski definition) is 3. The molecule has 0 saturated heterocycles. The van der Waals surface area contributed by atoms with Gasteiger partial charge in [0.2, 0.25) is 11.8 Å². The molecular weight excluding hydrogens is 484 g/mol. The largest absolute Gasteiger partial charge is 0.351 e. The number of benzene rings is 2. The number of rotatable bonds is 8. The minimum Gasteiger partial charge on any atom is -0.351 e. The van der Waals surface area contributed by atoms with Crippen molar-refractivity contribution >= 4 is 11.8 Å². The number of amides is 2. The van der Waals surface area contributed by atoms with Crippen LogP contribution in [-0.4, -0.2) is 32.3 Å². The third-order valence-corrected chi connectivity index (χ3v) is 8.04. The van der Waals surface area contributed by atoms with Crippen molar-refractivity contribution in [3.8, 4) is 0 Å². The molecule has 2 amide bonds. The Kier molecular flexibility index (Phi) is 8.40. The molecule has 1 saturated carbocycles. The first-order valence-corrected chi connectivity index (χ1v) is 14.1. The monoisotopic (exact) mass is 522 g/mol. The second kappa shape index (κ2) is 12.3. The molecule has 2 atom stereocenters. The molecule has 1 aromatic heterocycles. The molecule has 2 aliphatic rings. The molecule has 2 aliphatic carbocycles. The van der Waals surface area contributed by atoms with Crippen molar-refractivity contribution in [3.63, 3.8) is 0 Å². The number of imidazole rings is 1. The maximum absolute atomic E-state index is 14.3. The molecule has 3 aromatic rings. The fraction of sp³-hybridized carbons (Fsp3) is 0.364. The van der Waals surface area contributed by atoms with Crippen LogP contribution < -0.4 is 5.32 Å². The smallest absolute Gasteiger partial charge is 0.248 e. The Morgan fingerprint density at radius 2 is 1.77 bits per heavy atom. The summed E-state index contributed by atoms with van der Waals surface area (Å²) in [5, 5.41) is 3.34. The zero-order valence-corrected chi connectivity index (χ0v) is 22.9. The molecule has 1 N–H and O–H groups in total. The normalized spacial score (nSPS) is 18.3. The van der Waals surface area contributed by atoms with E-state index in [1.165, 1.54) is 12.0 Å². The summed E-state index contributed by atoms with van der Waals surface area (Å²) in [7, 11) is 0. The van der Waals surface area contributed by atoms with Gasteiger partial charge in [-0.15, -0.1) is 0 Å². The number of carbonyl (C=O) groups excluding carboxylic acids is 2. The number of hydrogen-bond donors (Lipinski definition) is 1. The minimum atomic E-state index is -0.765. The van der Waals surface area contributed by atoms with Crippen molar-refractivity contribution in [1.82, 2.24) is 19.8 Å². The molecule has 0 radical (unpaired) electrons. The Balaban J connectivity index is 1.55. The third-order valence-electron chi connectivity index (χ3n) is 8.04. The van der Waals surface area contributed by atoms with Gasteiger partial charge in [0.15, 0.2) is 0 Å². The predicted molar refractivity (Wildman–Crippen MR) is 154 cm³/mol. The predicted octanol–water partition coefficient (Wildman–Crippen LogP) is 6.15. The second-order valence-corrected chi connectivity index (χ2v) is 10.7. The van der Waals surface area contributed by atoms with E-state index >= 15 is 0 Å². The number of aryl methyl sites for hydroxylation is 2. The molecule has 2 unspecified atom stereocenters. The van der Waals surface area contributed by atoms with Crippen LogP contribution in [0.25, 0.3) is 0 Å². The zero-order chi connectivity index (χ0) is 27.2. The first kappa shape index (κ1) is 26.7. The highest BCUT2D eigenvalue weighted by molar-refractivity contribution is 5.90. The van der Waals surface area contributed by atoms with Crippen LogP contribution in [0, 0.1) is 13.8 Å². The summed E-state index contributed by atoms with van der Waals surface area (Å²) in [6.45, 7) is 4.02. The van der Waals surface area contributed by atoms with Crippen LogP contribution in [0.4, 0.5) is 0 Å². The number of aromatic nitrogens is 2. The lowest BCUT2D eigenvalue weighted by atomic mass is 9.89. The van der Waals surface area contributed by atoms with Gasteiger partial charge in [-0.3, -0.25) is 14.5 Å². The number of nitrogens with one attached hydrogen (secondary N) is 1. The Morgan fingerprint density at radius 3 is 2.49 bits per heavy atom. The van der Waals surface area contributed by atoms with Crippen LogP contribution in [-0.2, 0) is 16.1 Å². The van der Waals surface area contributed by atoms with Gasteiger partial charge in [0.05, 0.1) is 0 Å². The molecule has 6 nitrogen and oxygen atoms in total. The van der Waals surface area contributed by atoms with E-state index in [1.54, 1.807) is 11.1 Å². The molecule has 1 heterocycles. The summed E-state index contributed by atoms with van der Waals surface area (Å²) >= 11 is 0. The molecule has 202 valence electrons. The van der Waals surface area contributed by atoms with Crippen LogP contribution in [0.3, 0.4) is 0 Å². The molecule has 39 heavy (non-hydrogen) atoms. The van der Waals surface area contributed by atoms with Crippen molar-refractivity contribution in [1.29, 1.82) is 0 Å². The Morgan fingerprint density at radius 1 is 1.03 bits per heavy atom. The minimum absolute atomic E-state index is 0.112. The number of nitrogens with zero attached hydrogens (tertiary/aromatic N) is 3. The summed E-state index contributed by atoms with van der Waals surface area (Å²) < 4.78 is 1.84. The lowest BCUT2D eigenvalue weighted by Gasteiger charge is -2.37. The first-order chi connectivity index (χ1) is 19.0. The van der Waals surface area contributed by atoms with Gasteiger partial charge >= 0.3 is 0 Å². The third kappa shape index (κ3) is 6.22. The standard InChI is InChI=1S/C33H38N4O2/c1-24-12-9-10-19-30(24)32(33(39)35-28-16-7-4-8-17-28)37(31(38)23-36-21-20-34-25(36)2)29-18-11-15-27(22-29)26-13-5-3-6-14-26/h3,5-6,9-15,18-21,27-28,32H,4,7-8,16-17,22-23H2,1-2H3,(H,35,39). The first-order valence-electron chi connectivity index (χ1n) is 14.1. The molecule has 1 fully saturated rings. The van der Waals surface area contributed by atoms with Gasteiger partial charge in [0.1, 0.15) is 18.4 Å². The number of carbonyl (C=O) groups is 2. The van der Waals surface area contributed by atoms with E-state index in [0.717, 1.165) is 48.3 Å². The van der Waals surface area contributed by atoms with Crippen LogP contribution in [0.15, 0.2) is 90.9 Å². The number of allylic oxidation sites excluding steroid dienone is 4. The fourth-order valence-electron chi connectivity index (χ4n) is 5.85. The Hall–Kier alpha value is -3.93. The quantitative estimate of drug-likeness (QED) is 0.386. The van der Waals surface area contributed by atoms with Gasteiger partial charge in [-0.05, 0) is 55.9 Å². The van der Waals surface area contributed by atoms with Gasteiger partial charge in [-0.25, -0.2) is 4.98 Å². The lowest BCUT2D eigenvalue weighted by molar-refractivity contribution is -0.139. The maximum atomic E-state index is 14.3. The van der Waals surface area contributed by atoms with E-state index < -0.39 is 6.04 Å². The van der Waals surface area contributed by atoms with Gasteiger partial charge in [0.25, 0.3) is 0 Å². The maximum Gasteiger partial charge on any atom is 0.248 e. The molecule has 6 heteroatoms. The molecule has 5 rings (SSSR count). The van der Waals surface area contributed by atoms with Gasteiger partial charge in [-0.1, -0.05) is 86.0 Å². The Bertz CT molecular complexity index is 1350. The highest BCUT2D eigenvalue weighted by Crippen LogP contribution is 2.36. The highest BCUT2D eigenvalue weighted by Gasteiger charge is 2.37. The average molecular weight is 523 g/mol. The van der Waals surface area contributed by atoms with Gasteiger partial charge in [0, 0.05) is 30.1 Å². The van der Waals surface area contributed by atoms with Crippen molar-refractivity contribution < 1.29 is 9.59 Å². The summed E-state index contributed by atoms with van der Waals surface area (Å²) in [5.74, 6) is 0.646. The summed E-state index contributed by atoms with van der Waals surface area (Å²) in [6, 6.07) is 17.6. The molecule has 0 bridgehead atoms. The lowest BCUT2D eigenvalue weighted by Crippen LogP contribution is -2.48. The van der Waals surface area contributed by atoms with Crippen molar-refractivity contribution in [3.05, 3.63) is 113 Å². The topological polar surface area (TPSA) is 67.2 Å². The zero-order valence-electron chi connectivity index (χ0n) is 22.9. The molecular formula is C33H38N4O2. The van der Waals surface area contributed by atoms with E-state index in [9.17, 15) is 9.59 Å². The summed E-state index contributed by atoms with van der Waals surface area (Å²) in [4.78, 5) is 34.5. The van der Waals surface area contributed by atoms with Crippen molar-refractivity contribution in [2.75, 3.05) is 0 Å². The molecule has 0 aliphatic heterocycles. The SMILES string of the molecule is Cc1ccccc1C(C(=O)NC1CCCCC1)N(C(=O)Cn1ccnc1C)C1=CC=CC(c2ccccc2)C1. The summed E-state index contributed by atoms with van der Waals surface area (Å²) in [5.41, 5.74) is 3.88. The van der Waals surface area contributed by atoms with Crippen LogP contribution >= 0.6 is 0 Å².